The highest BCUT2D eigenvalue weighted by Gasteiger charge is 2.15. The SMILES string of the molecule is COCC#CCOC1CNC1. The first-order chi connectivity index (χ1) is 5.43. The minimum Gasteiger partial charge on any atom is -0.372 e. The molecule has 0 bridgehead atoms. The van der Waals surface area contributed by atoms with Crippen LogP contribution < -0.4 is 5.32 Å². The summed E-state index contributed by atoms with van der Waals surface area (Å²) in [5.41, 5.74) is 0. The molecule has 0 radical (unpaired) electrons. The third-order valence-corrected chi connectivity index (χ3v) is 1.48. The summed E-state index contributed by atoms with van der Waals surface area (Å²) in [7, 11) is 1.63. The molecule has 1 saturated heterocycles. The molecule has 11 heavy (non-hydrogen) atoms. The Morgan fingerprint density at radius 2 is 2.09 bits per heavy atom. The summed E-state index contributed by atoms with van der Waals surface area (Å²) in [5, 5.41) is 3.12. The molecular formula is C8H13NO2. The van der Waals surface area contributed by atoms with Gasteiger partial charge in [-0.15, -0.1) is 0 Å². The van der Waals surface area contributed by atoms with Gasteiger partial charge in [-0.3, -0.25) is 0 Å². The van der Waals surface area contributed by atoms with E-state index in [1.54, 1.807) is 7.11 Å². The first-order valence-electron chi connectivity index (χ1n) is 3.70. The van der Waals surface area contributed by atoms with Gasteiger partial charge in [0.05, 0.1) is 6.10 Å². The first kappa shape index (κ1) is 8.54. The molecule has 3 nitrogen and oxygen atoms in total. The molecule has 1 aliphatic rings. The second kappa shape index (κ2) is 5.14. The van der Waals surface area contributed by atoms with Crippen LogP contribution in [-0.2, 0) is 9.47 Å². The van der Waals surface area contributed by atoms with Crippen LogP contribution in [0.25, 0.3) is 0 Å². The lowest BCUT2D eigenvalue weighted by Gasteiger charge is -2.25. The maximum Gasteiger partial charge on any atom is 0.108 e. The first-order valence-corrected chi connectivity index (χ1v) is 3.70. The van der Waals surface area contributed by atoms with E-state index in [1.165, 1.54) is 0 Å². The average molecular weight is 155 g/mol. The molecular weight excluding hydrogens is 142 g/mol. The van der Waals surface area contributed by atoms with Gasteiger partial charge in [-0.25, -0.2) is 0 Å². The molecule has 1 heterocycles. The summed E-state index contributed by atoms with van der Waals surface area (Å²) >= 11 is 0. The van der Waals surface area contributed by atoms with Gasteiger partial charge < -0.3 is 14.8 Å². The minimum atomic E-state index is 0.381. The highest BCUT2D eigenvalue weighted by molar-refractivity contribution is 4.99. The highest BCUT2D eigenvalue weighted by atomic mass is 16.5. The van der Waals surface area contributed by atoms with E-state index in [0.29, 0.717) is 19.3 Å². The van der Waals surface area contributed by atoms with Crippen LogP contribution in [0, 0.1) is 11.8 Å². The smallest absolute Gasteiger partial charge is 0.108 e. The lowest BCUT2D eigenvalue weighted by Crippen LogP contribution is -2.48. The van der Waals surface area contributed by atoms with Gasteiger partial charge in [0.15, 0.2) is 0 Å². The maximum atomic E-state index is 5.33. The largest absolute Gasteiger partial charge is 0.372 e. The Hall–Kier alpha value is -0.560. The molecule has 0 unspecified atom stereocenters. The molecule has 3 heteroatoms. The molecule has 0 saturated carbocycles. The Balaban J connectivity index is 1.91. The molecule has 1 rings (SSSR count). The molecule has 1 aliphatic heterocycles. The van der Waals surface area contributed by atoms with E-state index in [-0.39, 0.29) is 0 Å². The lowest BCUT2D eigenvalue weighted by atomic mass is 10.2. The second-order valence-electron chi connectivity index (χ2n) is 2.38. The van der Waals surface area contributed by atoms with Gasteiger partial charge in [0, 0.05) is 20.2 Å². The van der Waals surface area contributed by atoms with E-state index in [2.05, 4.69) is 17.2 Å². The third-order valence-electron chi connectivity index (χ3n) is 1.48. The summed E-state index contributed by atoms with van der Waals surface area (Å²) in [4.78, 5) is 0. The zero-order chi connectivity index (χ0) is 7.94. The predicted octanol–water partition coefficient (Wildman–Crippen LogP) is -0.375. The maximum absolute atomic E-state index is 5.33. The van der Waals surface area contributed by atoms with E-state index < -0.39 is 0 Å². The van der Waals surface area contributed by atoms with Gasteiger partial charge in [0.1, 0.15) is 13.2 Å². The number of hydrogen-bond acceptors (Lipinski definition) is 3. The average Bonchev–Trinajstić information content (AvgIpc) is 1.93. The van der Waals surface area contributed by atoms with Crippen molar-refractivity contribution in [1.82, 2.24) is 5.32 Å². The van der Waals surface area contributed by atoms with Crippen LogP contribution in [0.4, 0.5) is 0 Å². The molecule has 0 atom stereocenters. The van der Waals surface area contributed by atoms with Gasteiger partial charge >= 0.3 is 0 Å². The second-order valence-corrected chi connectivity index (χ2v) is 2.38. The molecule has 0 amide bonds. The quantitative estimate of drug-likeness (QED) is 0.564. The molecule has 1 fully saturated rings. The van der Waals surface area contributed by atoms with Gasteiger partial charge in [0.25, 0.3) is 0 Å². The van der Waals surface area contributed by atoms with E-state index in [1.807, 2.05) is 0 Å². The van der Waals surface area contributed by atoms with Crippen LogP contribution >= 0.6 is 0 Å². The molecule has 0 spiro atoms. The van der Waals surface area contributed by atoms with Gasteiger partial charge in [-0.2, -0.15) is 0 Å². The van der Waals surface area contributed by atoms with Crippen LogP contribution in [-0.4, -0.2) is 39.5 Å². The van der Waals surface area contributed by atoms with Crippen molar-refractivity contribution >= 4 is 0 Å². The number of nitrogens with one attached hydrogen (secondary N) is 1. The summed E-state index contributed by atoms with van der Waals surface area (Å²) in [5.74, 6) is 5.68. The Bertz CT molecular complexity index is 155. The Kier molecular flexibility index (Phi) is 3.99. The number of ether oxygens (including phenoxy) is 2. The van der Waals surface area contributed by atoms with E-state index >= 15 is 0 Å². The number of methoxy groups -OCH3 is 1. The number of hydrogen-bond donors (Lipinski definition) is 1. The summed E-state index contributed by atoms with van der Waals surface area (Å²) < 4.78 is 10.1. The summed E-state index contributed by atoms with van der Waals surface area (Å²) in [6, 6.07) is 0. The van der Waals surface area contributed by atoms with Crippen molar-refractivity contribution in [2.75, 3.05) is 33.4 Å². The normalized spacial score (nSPS) is 16.8. The Labute approximate surface area is 67.1 Å². The number of rotatable bonds is 3. The monoisotopic (exact) mass is 155 g/mol. The van der Waals surface area contributed by atoms with Gasteiger partial charge in [-0.05, 0) is 0 Å². The van der Waals surface area contributed by atoms with Crippen LogP contribution in [0.5, 0.6) is 0 Å². The standard InChI is InChI=1S/C8H13NO2/c1-10-4-2-3-5-11-8-6-9-7-8/h8-9H,4-7H2,1H3. The lowest BCUT2D eigenvalue weighted by molar-refractivity contribution is 0.0393. The van der Waals surface area contributed by atoms with Gasteiger partial charge in [0.2, 0.25) is 0 Å². The van der Waals surface area contributed by atoms with Crippen molar-refractivity contribution < 1.29 is 9.47 Å². The zero-order valence-electron chi connectivity index (χ0n) is 6.72. The molecule has 0 aliphatic carbocycles. The van der Waals surface area contributed by atoms with Crippen molar-refractivity contribution in [3.05, 3.63) is 0 Å². The molecule has 1 N–H and O–H groups in total. The van der Waals surface area contributed by atoms with E-state index in [0.717, 1.165) is 13.1 Å². The van der Waals surface area contributed by atoms with Crippen LogP contribution in [0.1, 0.15) is 0 Å². The fourth-order valence-corrected chi connectivity index (χ4v) is 0.714. The Morgan fingerprint density at radius 3 is 2.64 bits per heavy atom. The highest BCUT2D eigenvalue weighted by Crippen LogP contribution is 1.95. The van der Waals surface area contributed by atoms with E-state index in [9.17, 15) is 0 Å². The molecule has 0 aromatic carbocycles. The van der Waals surface area contributed by atoms with Crippen LogP contribution in [0.3, 0.4) is 0 Å². The van der Waals surface area contributed by atoms with Crippen LogP contribution in [0.2, 0.25) is 0 Å². The van der Waals surface area contributed by atoms with Crippen molar-refractivity contribution in [3.63, 3.8) is 0 Å². The third kappa shape index (κ3) is 3.38. The van der Waals surface area contributed by atoms with Crippen molar-refractivity contribution in [2.24, 2.45) is 0 Å². The molecule has 62 valence electrons. The van der Waals surface area contributed by atoms with Crippen molar-refractivity contribution in [2.45, 2.75) is 6.10 Å². The van der Waals surface area contributed by atoms with E-state index in [4.69, 9.17) is 9.47 Å². The predicted molar refractivity (Wildman–Crippen MR) is 42.3 cm³/mol. The summed E-state index contributed by atoms with van der Waals surface area (Å²) in [6.45, 7) is 2.94. The fraction of sp³-hybridized carbons (Fsp3) is 0.750. The summed E-state index contributed by atoms with van der Waals surface area (Å²) in [6.07, 6.45) is 0.381. The Morgan fingerprint density at radius 1 is 1.36 bits per heavy atom. The van der Waals surface area contributed by atoms with Crippen molar-refractivity contribution in [3.8, 4) is 11.8 Å². The molecule has 0 aromatic rings. The zero-order valence-corrected chi connectivity index (χ0v) is 6.72. The fourth-order valence-electron chi connectivity index (χ4n) is 0.714. The van der Waals surface area contributed by atoms with Crippen LogP contribution in [0.15, 0.2) is 0 Å². The topological polar surface area (TPSA) is 30.5 Å². The minimum absolute atomic E-state index is 0.381. The van der Waals surface area contributed by atoms with Crippen molar-refractivity contribution in [1.29, 1.82) is 0 Å². The van der Waals surface area contributed by atoms with Gasteiger partial charge in [-0.1, -0.05) is 11.8 Å². The molecule has 0 aromatic heterocycles.